The lowest BCUT2D eigenvalue weighted by atomic mass is 9.92. The van der Waals surface area contributed by atoms with Crippen molar-refractivity contribution < 1.29 is 9.53 Å². The summed E-state index contributed by atoms with van der Waals surface area (Å²) in [6.45, 7) is 4.26. The van der Waals surface area contributed by atoms with Crippen molar-refractivity contribution in [1.29, 1.82) is 0 Å². The monoisotopic (exact) mass is 264 g/mol. The molecule has 0 spiro atoms. The van der Waals surface area contributed by atoms with Crippen LogP contribution in [0.15, 0.2) is 42.5 Å². The van der Waals surface area contributed by atoms with E-state index in [0.717, 1.165) is 28.0 Å². The highest BCUT2D eigenvalue weighted by atomic mass is 16.5. The van der Waals surface area contributed by atoms with E-state index in [2.05, 4.69) is 19.9 Å². The molecule has 100 valence electrons. The molecule has 20 heavy (non-hydrogen) atoms. The molecule has 0 aromatic heterocycles. The van der Waals surface area contributed by atoms with E-state index < -0.39 is 0 Å². The second kappa shape index (κ2) is 3.95. The van der Waals surface area contributed by atoms with Crippen LogP contribution in [0, 0.1) is 0 Å². The topological polar surface area (TPSA) is 26.3 Å². The molecular weight excluding hydrogens is 248 g/mol. The molecule has 0 fully saturated rings. The molecule has 2 aliphatic rings. The molecule has 0 saturated carbocycles. The largest absolute Gasteiger partial charge is 0.484 e. The summed E-state index contributed by atoms with van der Waals surface area (Å²) in [4.78, 5) is 12.9. The molecule has 1 heterocycles. The molecule has 2 heteroatoms. The molecule has 2 aromatic rings. The van der Waals surface area contributed by atoms with Crippen LogP contribution in [0.2, 0.25) is 0 Å². The normalized spacial score (nSPS) is 22.4. The van der Waals surface area contributed by atoms with Gasteiger partial charge >= 0.3 is 0 Å². The van der Waals surface area contributed by atoms with Gasteiger partial charge in [0.2, 0.25) is 0 Å². The van der Waals surface area contributed by atoms with E-state index >= 15 is 0 Å². The molecule has 1 aliphatic heterocycles. The maximum absolute atomic E-state index is 12.9. The van der Waals surface area contributed by atoms with Gasteiger partial charge in [0.05, 0.1) is 5.92 Å². The highest BCUT2D eigenvalue weighted by molar-refractivity contribution is 6.08. The van der Waals surface area contributed by atoms with Gasteiger partial charge in [0, 0.05) is 16.7 Å². The fourth-order valence-electron chi connectivity index (χ4n) is 3.48. The molecule has 4 rings (SSSR count). The van der Waals surface area contributed by atoms with Gasteiger partial charge < -0.3 is 4.74 Å². The number of ketones is 1. The van der Waals surface area contributed by atoms with E-state index in [1.54, 1.807) is 0 Å². The van der Waals surface area contributed by atoms with Crippen LogP contribution >= 0.6 is 0 Å². The molecule has 2 atom stereocenters. The Kier molecular flexibility index (Phi) is 2.31. The molecule has 2 aromatic carbocycles. The van der Waals surface area contributed by atoms with Gasteiger partial charge in [0.1, 0.15) is 11.9 Å². The van der Waals surface area contributed by atoms with Crippen molar-refractivity contribution in [2.75, 3.05) is 0 Å². The van der Waals surface area contributed by atoms with Crippen molar-refractivity contribution in [3.63, 3.8) is 0 Å². The molecule has 2 nitrogen and oxygen atoms in total. The summed E-state index contributed by atoms with van der Waals surface area (Å²) in [5.41, 5.74) is 4.13. The minimum atomic E-state index is -0.152. The summed E-state index contributed by atoms with van der Waals surface area (Å²) in [7, 11) is 0. The zero-order chi connectivity index (χ0) is 13.9. The van der Waals surface area contributed by atoms with Gasteiger partial charge in [0.15, 0.2) is 5.78 Å². The Bertz CT molecular complexity index is 715. The fourth-order valence-corrected chi connectivity index (χ4v) is 3.48. The zero-order valence-corrected chi connectivity index (χ0v) is 11.6. The van der Waals surface area contributed by atoms with Gasteiger partial charge in [-0.1, -0.05) is 50.2 Å². The number of carbonyl (C=O) groups excluding carboxylic acids is 1. The molecule has 0 radical (unpaired) electrons. The highest BCUT2D eigenvalue weighted by Crippen LogP contribution is 2.53. The molecule has 0 amide bonds. The van der Waals surface area contributed by atoms with Crippen molar-refractivity contribution in [3.8, 4) is 5.75 Å². The Balaban J connectivity index is 1.91. The second-order valence-electron chi connectivity index (χ2n) is 5.88. The Morgan fingerprint density at radius 1 is 1.00 bits per heavy atom. The molecule has 2 unspecified atom stereocenters. The van der Waals surface area contributed by atoms with Gasteiger partial charge in [-0.05, 0) is 17.5 Å². The first-order valence-electron chi connectivity index (χ1n) is 7.11. The first-order valence-corrected chi connectivity index (χ1v) is 7.11. The van der Waals surface area contributed by atoms with Crippen LogP contribution in [-0.2, 0) is 0 Å². The number of para-hydroxylation sites is 1. The average Bonchev–Trinajstić information content (AvgIpc) is 2.96. The maximum atomic E-state index is 12.9. The molecule has 0 saturated heterocycles. The van der Waals surface area contributed by atoms with Gasteiger partial charge in [0.25, 0.3) is 0 Å². The van der Waals surface area contributed by atoms with E-state index in [0.29, 0.717) is 5.92 Å². The van der Waals surface area contributed by atoms with Gasteiger partial charge in [-0.3, -0.25) is 4.79 Å². The molecule has 0 N–H and O–H groups in total. The summed E-state index contributed by atoms with van der Waals surface area (Å²) in [6.07, 6.45) is -0.131. The van der Waals surface area contributed by atoms with E-state index in [9.17, 15) is 4.79 Å². The number of hydrogen-bond acceptors (Lipinski definition) is 2. The minimum Gasteiger partial charge on any atom is -0.484 e. The number of hydrogen-bond donors (Lipinski definition) is 0. The van der Waals surface area contributed by atoms with Crippen molar-refractivity contribution in [2.45, 2.75) is 31.8 Å². The van der Waals surface area contributed by atoms with Crippen LogP contribution < -0.4 is 4.74 Å². The molecule has 0 bridgehead atoms. The molecular formula is C18H16O2. The smallest absolute Gasteiger partial charge is 0.175 e. The van der Waals surface area contributed by atoms with Crippen molar-refractivity contribution in [3.05, 3.63) is 64.7 Å². The van der Waals surface area contributed by atoms with Crippen molar-refractivity contribution >= 4 is 5.78 Å². The van der Waals surface area contributed by atoms with Crippen LogP contribution in [0.25, 0.3) is 0 Å². The third-order valence-corrected chi connectivity index (χ3v) is 4.40. The van der Waals surface area contributed by atoms with Crippen LogP contribution in [0.5, 0.6) is 5.75 Å². The summed E-state index contributed by atoms with van der Waals surface area (Å²) in [5, 5.41) is 0. The molecule has 1 aliphatic carbocycles. The average molecular weight is 264 g/mol. The number of rotatable bonds is 1. The number of benzene rings is 2. The predicted molar refractivity (Wildman–Crippen MR) is 77.4 cm³/mol. The SMILES string of the molecule is CC(C)c1cccc2c1C(=O)C1c3ccccc3OC21. The lowest BCUT2D eigenvalue weighted by molar-refractivity contribution is 0.0934. The van der Waals surface area contributed by atoms with Gasteiger partial charge in [-0.25, -0.2) is 0 Å². The van der Waals surface area contributed by atoms with E-state index in [-0.39, 0.29) is 17.8 Å². The first-order chi connectivity index (χ1) is 9.68. The van der Waals surface area contributed by atoms with Crippen molar-refractivity contribution in [1.82, 2.24) is 0 Å². The maximum Gasteiger partial charge on any atom is 0.175 e. The quantitative estimate of drug-likeness (QED) is 0.770. The third kappa shape index (κ3) is 1.36. The summed E-state index contributed by atoms with van der Waals surface area (Å²) < 4.78 is 6.04. The standard InChI is InChI=1S/C18H16O2/c1-10(2)11-7-5-8-13-15(11)17(19)16-12-6-3-4-9-14(12)20-18(13)16/h3-10,16,18H,1-2H3. The number of ether oxygens (including phenoxy) is 1. The van der Waals surface area contributed by atoms with Crippen molar-refractivity contribution in [2.24, 2.45) is 0 Å². The van der Waals surface area contributed by atoms with Crippen LogP contribution in [0.3, 0.4) is 0 Å². The van der Waals surface area contributed by atoms with Gasteiger partial charge in [-0.15, -0.1) is 0 Å². The summed E-state index contributed by atoms with van der Waals surface area (Å²) >= 11 is 0. The summed E-state index contributed by atoms with van der Waals surface area (Å²) in [6, 6.07) is 14.0. The Morgan fingerprint density at radius 2 is 1.75 bits per heavy atom. The van der Waals surface area contributed by atoms with Crippen LogP contribution in [0.4, 0.5) is 0 Å². The zero-order valence-electron chi connectivity index (χ0n) is 11.6. The van der Waals surface area contributed by atoms with E-state index in [1.807, 2.05) is 36.4 Å². The van der Waals surface area contributed by atoms with Crippen LogP contribution in [0.1, 0.15) is 58.8 Å². The number of Topliss-reactive ketones (excluding diaryl/α,β-unsaturated/α-hetero) is 1. The highest BCUT2D eigenvalue weighted by Gasteiger charge is 2.48. The number of carbonyl (C=O) groups is 1. The lowest BCUT2D eigenvalue weighted by Crippen LogP contribution is -2.09. The fraction of sp³-hybridized carbons (Fsp3) is 0.278. The third-order valence-electron chi connectivity index (χ3n) is 4.40. The Hall–Kier alpha value is -2.09. The second-order valence-corrected chi connectivity index (χ2v) is 5.88. The van der Waals surface area contributed by atoms with E-state index in [4.69, 9.17) is 4.74 Å². The predicted octanol–water partition coefficient (Wildman–Crippen LogP) is 4.22. The summed E-state index contributed by atoms with van der Waals surface area (Å²) in [5.74, 6) is 1.28. The number of fused-ring (bicyclic) bond motifs is 5. The Labute approximate surface area is 118 Å². The van der Waals surface area contributed by atoms with Crippen LogP contribution in [-0.4, -0.2) is 5.78 Å². The van der Waals surface area contributed by atoms with E-state index in [1.165, 1.54) is 0 Å². The first kappa shape index (κ1) is 11.7. The lowest BCUT2D eigenvalue weighted by Gasteiger charge is -2.13. The minimum absolute atomic E-state index is 0.131. The Morgan fingerprint density at radius 3 is 2.55 bits per heavy atom. The van der Waals surface area contributed by atoms with Gasteiger partial charge in [-0.2, -0.15) is 0 Å².